The molecule has 1 aliphatic heterocycles. The molecule has 2 bridgehead atoms. The largest absolute Gasteiger partial charge is 0.459 e. The molecule has 2 aromatic rings. The summed E-state index contributed by atoms with van der Waals surface area (Å²) in [6, 6.07) is 15.4. The van der Waals surface area contributed by atoms with E-state index >= 15 is 0 Å². The van der Waals surface area contributed by atoms with Crippen molar-refractivity contribution in [3.63, 3.8) is 0 Å². The molecule has 41 heavy (non-hydrogen) atoms. The number of allylic oxidation sites excluding steroid dienone is 1. The van der Waals surface area contributed by atoms with Gasteiger partial charge in [-0.15, -0.1) is 0 Å². The van der Waals surface area contributed by atoms with E-state index < -0.39 is 6.29 Å². The second-order valence-corrected chi connectivity index (χ2v) is 11.9. The van der Waals surface area contributed by atoms with Gasteiger partial charge >= 0.3 is 0 Å². The van der Waals surface area contributed by atoms with E-state index in [9.17, 15) is 4.79 Å². The molecule has 6 rings (SSSR count). The van der Waals surface area contributed by atoms with Crippen molar-refractivity contribution in [3.8, 4) is 11.1 Å². The van der Waals surface area contributed by atoms with E-state index in [1.165, 1.54) is 47.1 Å². The second kappa shape index (κ2) is 13.1. The van der Waals surface area contributed by atoms with Crippen LogP contribution in [0.25, 0.3) is 11.1 Å². The minimum atomic E-state index is -0.551. The Kier molecular flexibility index (Phi) is 9.06. The Morgan fingerprint density at radius 1 is 1.00 bits per heavy atom. The maximum atomic E-state index is 13.6. The summed E-state index contributed by atoms with van der Waals surface area (Å²) in [7, 11) is 0. The van der Waals surface area contributed by atoms with Gasteiger partial charge in [-0.25, -0.2) is 0 Å². The van der Waals surface area contributed by atoms with Crippen molar-refractivity contribution >= 4 is 5.91 Å². The van der Waals surface area contributed by atoms with Crippen LogP contribution in [-0.4, -0.2) is 63.0 Å². The fourth-order valence-electron chi connectivity index (χ4n) is 7.56. The lowest BCUT2D eigenvalue weighted by Gasteiger charge is -2.38. The maximum Gasteiger partial charge on any atom is 0.286 e. The fraction of sp³-hybridized carbons (Fsp3) is 0.559. The molecule has 1 amide bonds. The molecule has 3 unspecified atom stereocenters. The molecule has 2 aromatic carbocycles. The van der Waals surface area contributed by atoms with Gasteiger partial charge in [-0.1, -0.05) is 48.9 Å². The molecule has 2 fully saturated rings. The molecule has 4 aliphatic rings. The molecule has 2 saturated carbocycles. The van der Waals surface area contributed by atoms with Crippen molar-refractivity contribution in [1.82, 2.24) is 5.32 Å². The average molecular weight is 562 g/mol. The normalized spacial score (nSPS) is 27.7. The van der Waals surface area contributed by atoms with Crippen LogP contribution in [0.15, 0.2) is 54.3 Å². The molecule has 1 heterocycles. The minimum Gasteiger partial charge on any atom is -0.459 e. The maximum absolute atomic E-state index is 13.6. The molecule has 220 valence electrons. The van der Waals surface area contributed by atoms with Crippen LogP contribution in [0.1, 0.15) is 61.6 Å². The van der Waals surface area contributed by atoms with E-state index in [0.29, 0.717) is 51.1 Å². The van der Waals surface area contributed by atoms with E-state index in [-0.39, 0.29) is 30.4 Å². The number of aliphatic hydroxyl groups is 1. The molecule has 3 aliphatic carbocycles. The topological polar surface area (TPSA) is 86.3 Å². The number of rotatable bonds is 13. The van der Waals surface area contributed by atoms with Gasteiger partial charge in [-0.2, -0.15) is 0 Å². The van der Waals surface area contributed by atoms with Gasteiger partial charge < -0.3 is 29.4 Å². The van der Waals surface area contributed by atoms with E-state index in [0.717, 1.165) is 18.8 Å². The zero-order valence-electron chi connectivity index (χ0n) is 24.1. The van der Waals surface area contributed by atoms with Gasteiger partial charge in [-0.05, 0) is 84.8 Å². The zero-order valence-corrected chi connectivity index (χ0v) is 24.1. The van der Waals surface area contributed by atoms with E-state index in [1.807, 2.05) is 13.0 Å². The summed E-state index contributed by atoms with van der Waals surface area (Å²) in [4.78, 5) is 13.6. The SMILES string of the molecule is CCO[C@H]1OC(C(=O)NC2CC3CCC2C3)=C[C@@H](c2cccc3c2Cc2ccccc2-3)[C@H]1CCOCCOCCO. The van der Waals surface area contributed by atoms with Crippen LogP contribution < -0.4 is 5.32 Å². The first-order valence-corrected chi connectivity index (χ1v) is 15.4. The number of hydrogen-bond acceptors (Lipinski definition) is 6. The van der Waals surface area contributed by atoms with Gasteiger partial charge in [0.25, 0.3) is 5.91 Å². The van der Waals surface area contributed by atoms with Crippen LogP contribution in [0, 0.1) is 17.8 Å². The van der Waals surface area contributed by atoms with Crippen molar-refractivity contribution in [1.29, 1.82) is 0 Å². The summed E-state index contributed by atoms with van der Waals surface area (Å²) in [6.07, 6.45) is 7.91. The highest BCUT2D eigenvalue weighted by Crippen LogP contribution is 2.47. The number of ether oxygens (including phenoxy) is 4. The highest BCUT2D eigenvalue weighted by atomic mass is 16.7. The van der Waals surface area contributed by atoms with E-state index in [2.05, 4.69) is 47.8 Å². The predicted octanol–water partition coefficient (Wildman–Crippen LogP) is 4.95. The molecule has 2 N–H and O–H groups in total. The highest BCUT2D eigenvalue weighted by Gasteiger charge is 2.43. The highest BCUT2D eigenvalue weighted by molar-refractivity contribution is 5.92. The van der Waals surface area contributed by atoms with Crippen LogP contribution in [0.2, 0.25) is 0 Å². The van der Waals surface area contributed by atoms with E-state index in [4.69, 9.17) is 24.1 Å². The number of benzene rings is 2. The smallest absolute Gasteiger partial charge is 0.286 e. The lowest BCUT2D eigenvalue weighted by atomic mass is 9.78. The first-order chi connectivity index (χ1) is 20.2. The molecule has 0 radical (unpaired) electrons. The summed E-state index contributed by atoms with van der Waals surface area (Å²) in [5.41, 5.74) is 6.45. The quantitative estimate of drug-likeness (QED) is 0.287. The number of aliphatic hydroxyl groups excluding tert-OH is 1. The Balaban J connectivity index is 1.27. The van der Waals surface area contributed by atoms with E-state index in [1.54, 1.807) is 0 Å². The molecular formula is C34H43NO6. The molecule has 0 aromatic heterocycles. The third-order valence-corrected chi connectivity index (χ3v) is 9.44. The molecule has 7 heteroatoms. The molecule has 0 saturated heterocycles. The van der Waals surface area contributed by atoms with Gasteiger partial charge in [0.2, 0.25) is 6.29 Å². The van der Waals surface area contributed by atoms with Crippen LogP contribution in [-0.2, 0) is 30.2 Å². The number of amides is 1. The van der Waals surface area contributed by atoms with Crippen LogP contribution in [0.4, 0.5) is 0 Å². The zero-order chi connectivity index (χ0) is 28.2. The molecule has 0 spiro atoms. The monoisotopic (exact) mass is 561 g/mol. The minimum absolute atomic E-state index is 0.00657. The Labute approximate surface area is 243 Å². The lowest BCUT2D eigenvalue weighted by Crippen LogP contribution is -2.43. The number of carbonyl (C=O) groups excluding carboxylic acids is 1. The summed E-state index contributed by atoms with van der Waals surface area (Å²) >= 11 is 0. The van der Waals surface area contributed by atoms with Gasteiger partial charge in [0.15, 0.2) is 5.76 Å². The molecular weight excluding hydrogens is 518 g/mol. The van der Waals surface area contributed by atoms with Crippen molar-refractivity contribution in [2.45, 2.75) is 63.7 Å². The number of hydrogen-bond donors (Lipinski definition) is 2. The summed E-state index contributed by atoms with van der Waals surface area (Å²) in [5.74, 6) is 1.51. The lowest BCUT2D eigenvalue weighted by molar-refractivity contribution is -0.168. The second-order valence-electron chi connectivity index (χ2n) is 11.9. The van der Waals surface area contributed by atoms with Crippen LogP contribution in [0.5, 0.6) is 0 Å². The first kappa shape index (κ1) is 28.4. The predicted molar refractivity (Wildman–Crippen MR) is 156 cm³/mol. The summed E-state index contributed by atoms with van der Waals surface area (Å²) in [5, 5.41) is 12.2. The van der Waals surface area contributed by atoms with Crippen molar-refractivity contribution in [2.24, 2.45) is 17.8 Å². The number of fused-ring (bicyclic) bond motifs is 5. The Bertz CT molecular complexity index is 1240. The summed E-state index contributed by atoms with van der Waals surface area (Å²) in [6.45, 7) is 4.20. The number of nitrogens with one attached hydrogen (secondary N) is 1. The van der Waals surface area contributed by atoms with Gasteiger partial charge in [-0.3, -0.25) is 4.79 Å². The Morgan fingerprint density at radius 2 is 1.83 bits per heavy atom. The third kappa shape index (κ3) is 6.09. The molecule has 7 nitrogen and oxygen atoms in total. The molecule has 6 atom stereocenters. The standard InChI is InChI=1S/C34H43NO6/c1-2-40-34-28(12-14-38-16-17-39-15-13-36)30(21-32(41-34)33(37)35-31-19-22-10-11-24(31)18-22)27-9-5-8-26-25-7-4-3-6-23(25)20-29(26)27/h3-9,21-22,24,28,30-31,34,36H,2,10-20H2,1H3,(H,35,37)/t22?,24?,28-,30+,31?,34+/m1/s1. The first-order valence-electron chi connectivity index (χ1n) is 15.4. The summed E-state index contributed by atoms with van der Waals surface area (Å²) < 4.78 is 23.8. The van der Waals surface area contributed by atoms with Crippen LogP contribution in [0.3, 0.4) is 0 Å². The fourth-order valence-corrected chi connectivity index (χ4v) is 7.56. The van der Waals surface area contributed by atoms with Gasteiger partial charge in [0.05, 0.1) is 26.4 Å². The number of carbonyl (C=O) groups is 1. The van der Waals surface area contributed by atoms with Gasteiger partial charge in [0, 0.05) is 31.1 Å². The van der Waals surface area contributed by atoms with Crippen molar-refractivity contribution < 1.29 is 28.8 Å². The Morgan fingerprint density at radius 3 is 2.61 bits per heavy atom. The van der Waals surface area contributed by atoms with Crippen molar-refractivity contribution in [2.75, 3.05) is 39.6 Å². The van der Waals surface area contributed by atoms with Crippen LogP contribution >= 0.6 is 0 Å². The Hall–Kier alpha value is -2.71. The van der Waals surface area contributed by atoms with Crippen molar-refractivity contribution in [3.05, 3.63) is 71.0 Å². The third-order valence-electron chi connectivity index (χ3n) is 9.44. The van der Waals surface area contributed by atoms with Gasteiger partial charge in [0.1, 0.15) is 0 Å². The average Bonchev–Trinajstić information content (AvgIpc) is 3.71.